The lowest BCUT2D eigenvalue weighted by Gasteiger charge is -2.01. The average molecular weight is 139 g/mol. The van der Waals surface area contributed by atoms with E-state index in [4.69, 9.17) is 11.6 Å². The Labute approximate surface area is 58.4 Å². The summed E-state index contributed by atoms with van der Waals surface area (Å²) in [5.41, 5.74) is 8.56. The minimum atomic E-state index is 0.221. The number of hydrazine groups is 1. The second kappa shape index (κ2) is 2.49. The van der Waals surface area contributed by atoms with Gasteiger partial charge in [-0.1, -0.05) is 0 Å². The first kappa shape index (κ1) is 6.76. The van der Waals surface area contributed by atoms with E-state index in [0.29, 0.717) is 5.82 Å². The van der Waals surface area contributed by atoms with Gasteiger partial charge in [0, 0.05) is 11.8 Å². The van der Waals surface area contributed by atoms with E-state index >= 15 is 0 Å². The Morgan fingerprint density at radius 1 is 1.60 bits per heavy atom. The maximum atomic E-state index is 5.29. The van der Waals surface area contributed by atoms with Gasteiger partial charge in [0.2, 0.25) is 5.95 Å². The summed E-state index contributed by atoms with van der Waals surface area (Å²) in [6.07, 6.45) is 1.61. The molecular formula is C5H9N5. The molecule has 0 spiro atoms. The normalized spacial score (nSPS) is 9.40. The van der Waals surface area contributed by atoms with E-state index in [9.17, 15) is 0 Å². The monoisotopic (exact) mass is 139 g/mol. The van der Waals surface area contributed by atoms with Gasteiger partial charge in [-0.05, 0) is 6.92 Å². The van der Waals surface area contributed by atoms with E-state index < -0.39 is 0 Å². The maximum absolute atomic E-state index is 5.29. The van der Waals surface area contributed by atoms with Gasteiger partial charge in [-0.3, -0.25) is 0 Å². The van der Waals surface area contributed by atoms with E-state index in [0.717, 1.165) is 5.56 Å². The molecule has 0 aliphatic rings. The summed E-state index contributed by atoms with van der Waals surface area (Å²) in [5.74, 6) is 5.91. The van der Waals surface area contributed by atoms with Gasteiger partial charge in [0.05, 0.1) is 0 Å². The summed E-state index contributed by atoms with van der Waals surface area (Å²) in [6.45, 7) is 1.84. The van der Waals surface area contributed by atoms with Crippen LogP contribution in [-0.4, -0.2) is 9.97 Å². The number of aryl methyl sites for hydroxylation is 1. The van der Waals surface area contributed by atoms with Crippen molar-refractivity contribution in [3.8, 4) is 0 Å². The van der Waals surface area contributed by atoms with Crippen molar-refractivity contribution in [2.75, 3.05) is 11.2 Å². The predicted molar refractivity (Wildman–Crippen MR) is 39.0 cm³/mol. The van der Waals surface area contributed by atoms with Crippen molar-refractivity contribution in [2.24, 2.45) is 5.84 Å². The van der Waals surface area contributed by atoms with E-state index in [1.807, 2.05) is 6.92 Å². The Morgan fingerprint density at radius 3 is 2.80 bits per heavy atom. The molecule has 0 aromatic carbocycles. The molecule has 1 aromatic rings. The lowest BCUT2D eigenvalue weighted by Crippen LogP contribution is -2.11. The van der Waals surface area contributed by atoms with Gasteiger partial charge in [0.15, 0.2) is 0 Å². The number of nitrogens with one attached hydrogen (secondary N) is 1. The van der Waals surface area contributed by atoms with E-state index in [1.165, 1.54) is 0 Å². The predicted octanol–water partition coefficient (Wildman–Crippen LogP) is -0.347. The fourth-order valence-corrected chi connectivity index (χ4v) is 0.602. The lowest BCUT2D eigenvalue weighted by atomic mass is 10.3. The van der Waals surface area contributed by atoms with Crippen LogP contribution in [0.3, 0.4) is 0 Å². The number of nitrogen functional groups attached to an aromatic ring is 2. The minimum absolute atomic E-state index is 0.221. The number of rotatable bonds is 1. The van der Waals surface area contributed by atoms with Crippen molar-refractivity contribution < 1.29 is 0 Å². The Hall–Kier alpha value is -1.36. The quantitative estimate of drug-likeness (QED) is 0.365. The second-order valence-corrected chi connectivity index (χ2v) is 1.90. The smallest absolute Gasteiger partial charge is 0.221 e. The fraction of sp³-hybridized carbons (Fsp3) is 0.200. The number of nitrogens with zero attached hydrogens (tertiary/aromatic N) is 2. The lowest BCUT2D eigenvalue weighted by molar-refractivity contribution is 1.12. The van der Waals surface area contributed by atoms with Gasteiger partial charge in [0.25, 0.3) is 0 Å². The highest BCUT2D eigenvalue weighted by atomic mass is 15.3. The van der Waals surface area contributed by atoms with Gasteiger partial charge < -0.3 is 11.2 Å². The van der Waals surface area contributed by atoms with Crippen molar-refractivity contribution >= 4 is 11.8 Å². The fourth-order valence-electron chi connectivity index (χ4n) is 0.602. The molecule has 10 heavy (non-hydrogen) atoms. The highest BCUT2D eigenvalue weighted by Gasteiger charge is 1.96. The molecule has 0 fully saturated rings. The van der Waals surface area contributed by atoms with Crippen molar-refractivity contribution in [3.63, 3.8) is 0 Å². The first-order chi connectivity index (χ1) is 4.74. The standard InChI is InChI=1S/C5H9N5/c1-3-2-8-5(6)9-4(3)10-7/h2H,7H2,1H3,(H3,6,8,9,10). The number of anilines is 2. The van der Waals surface area contributed by atoms with Crippen LogP contribution in [0.1, 0.15) is 5.56 Å². The van der Waals surface area contributed by atoms with Crippen LogP contribution >= 0.6 is 0 Å². The molecule has 0 saturated heterocycles. The van der Waals surface area contributed by atoms with Crippen LogP contribution in [0.4, 0.5) is 11.8 Å². The van der Waals surface area contributed by atoms with E-state index in [2.05, 4.69) is 15.4 Å². The average Bonchev–Trinajstić information content (AvgIpc) is 1.94. The molecule has 0 unspecified atom stereocenters. The van der Waals surface area contributed by atoms with Gasteiger partial charge >= 0.3 is 0 Å². The molecule has 0 aliphatic carbocycles. The summed E-state index contributed by atoms with van der Waals surface area (Å²) in [6, 6.07) is 0. The Kier molecular flexibility index (Phi) is 1.68. The molecule has 5 N–H and O–H groups in total. The third-order valence-corrected chi connectivity index (χ3v) is 1.13. The van der Waals surface area contributed by atoms with Crippen molar-refractivity contribution in [2.45, 2.75) is 6.92 Å². The molecular weight excluding hydrogens is 130 g/mol. The maximum Gasteiger partial charge on any atom is 0.221 e. The molecule has 5 heteroatoms. The first-order valence-corrected chi connectivity index (χ1v) is 2.80. The van der Waals surface area contributed by atoms with Gasteiger partial charge in [0.1, 0.15) is 5.82 Å². The van der Waals surface area contributed by atoms with Crippen molar-refractivity contribution in [3.05, 3.63) is 11.8 Å². The van der Waals surface area contributed by atoms with E-state index in [-0.39, 0.29) is 5.95 Å². The zero-order valence-electron chi connectivity index (χ0n) is 5.63. The van der Waals surface area contributed by atoms with Crippen LogP contribution in [0.25, 0.3) is 0 Å². The molecule has 1 heterocycles. The summed E-state index contributed by atoms with van der Waals surface area (Å²) in [5, 5.41) is 0. The zero-order chi connectivity index (χ0) is 7.56. The van der Waals surface area contributed by atoms with Crippen LogP contribution in [0.2, 0.25) is 0 Å². The Morgan fingerprint density at radius 2 is 2.30 bits per heavy atom. The summed E-state index contributed by atoms with van der Waals surface area (Å²) < 4.78 is 0. The summed E-state index contributed by atoms with van der Waals surface area (Å²) in [4.78, 5) is 7.58. The molecule has 0 bridgehead atoms. The van der Waals surface area contributed by atoms with Gasteiger partial charge in [-0.15, -0.1) is 0 Å². The highest BCUT2D eigenvalue weighted by molar-refractivity contribution is 5.43. The molecule has 54 valence electrons. The van der Waals surface area contributed by atoms with E-state index in [1.54, 1.807) is 6.20 Å². The Balaban J connectivity index is 3.09. The van der Waals surface area contributed by atoms with Crippen molar-refractivity contribution in [1.82, 2.24) is 9.97 Å². The third-order valence-electron chi connectivity index (χ3n) is 1.13. The number of nitrogens with two attached hydrogens (primary N) is 2. The molecule has 5 nitrogen and oxygen atoms in total. The molecule has 0 atom stereocenters. The third kappa shape index (κ3) is 1.14. The topological polar surface area (TPSA) is 89.8 Å². The zero-order valence-corrected chi connectivity index (χ0v) is 5.63. The molecule has 0 radical (unpaired) electrons. The molecule has 0 amide bonds. The van der Waals surface area contributed by atoms with Crippen LogP contribution in [0.5, 0.6) is 0 Å². The van der Waals surface area contributed by atoms with Crippen LogP contribution < -0.4 is 17.0 Å². The molecule has 0 saturated carbocycles. The van der Waals surface area contributed by atoms with Crippen LogP contribution in [-0.2, 0) is 0 Å². The first-order valence-electron chi connectivity index (χ1n) is 2.80. The number of hydrogen-bond donors (Lipinski definition) is 3. The van der Waals surface area contributed by atoms with Gasteiger partial charge in [-0.25, -0.2) is 10.8 Å². The molecule has 1 aromatic heterocycles. The summed E-state index contributed by atoms with van der Waals surface area (Å²) >= 11 is 0. The SMILES string of the molecule is Cc1cnc(N)nc1NN. The highest BCUT2D eigenvalue weighted by Crippen LogP contribution is 2.07. The number of hydrogen-bond acceptors (Lipinski definition) is 5. The molecule has 0 aliphatic heterocycles. The second-order valence-electron chi connectivity index (χ2n) is 1.90. The number of aromatic nitrogens is 2. The van der Waals surface area contributed by atoms with Crippen LogP contribution in [0.15, 0.2) is 6.20 Å². The largest absolute Gasteiger partial charge is 0.368 e. The minimum Gasteiger partial charge on any atom is -0.368 e. The van der Waals surface area contributed by atoms with Crippen molar-refractivity contribution in [1.29, 1.82) is 0 Å². The Bertz CT molecular complexity index is 233. The van der Waals surface area contributed by atoms with Crippen LogP contribution in [0, 0.1) is 6.92 Å². The van der Waals surface area contributed by atoms with Gasteiger partial charge in [-0.2, -0.15) is 4.98 Å². The molecule has 1 rings (SSSR count). The summed E-state index contributed by atoms with van der Waals surface area (Å²) in [7, 11) is 0.